The fourth-order valence-electron chi connectivity index (χ4n) is 3.38. The number of para-hydroxylation sites is 2. The molecule has 2 unspecified atom stereocenters. The standard InChI is InChI=1S/C21H36N4O2.HI/c1-7-22-20(23-14-19(27-6)21(2,3)4)24-16-12-13-25(15-16)17-10-8-9-11-18(17)26-5;/h8-11,16,19H,7,12-15H2,1-6H3,(H2,22,23,24);1H. The molecule has 0 bridgehead atoms. The summed E-state index contributed by atoms with van der Waals surface area (Å²) in [6.45, 7) is 12.0. The summed E-state index contributed by atoms with van der Waals surface area (Å²) in [6.07, 6.45) is 1.15. The summed E-state index contributed by atoms with van der Waals surface area (Å²) in [6, 6.07) is 8.54. The van der Waals surface area contributed by atoms with Gasteiger partial charge in [0.05, 0.1) is 25.4 Å². The van der Waals surface area contributed by atoms with E-state index >= 15 is 0 Å². The molecule has 1 fully saturated rings. The summed E-state index contributed by atoms with van der Waals surface area (Å²) in [5.41, 5.74) is 1.21. The van der Waals surface area contributed by atoms with Gasteiger partial charge in [0.2, 0.25) is 0 Å². The SMILES string of the molecule is CCNC(=NCC(OC)C(C)(C)C)NC1CCN(c2ccccc2OC)C1.I. The maximum absolute atomic E-state index is 5.63. The Labute approximate surface area is 187 Å². The molecule has 7 heteroatoms. The highest BCUT2D eigenvalue weighted by Crippen LogP contribution is 2.30. The van der Waals surface area contributed by atoms with E-state index in [0.29, 0.717) is 12.6 Å². The topological polar surface area (TPSA) is 58.1 Å². The van der Waals surface area contributed by atoms with Crippen LogP contribution in [0.25, 0.3) is 0 Å². The van der Waals surface area contributed by atoms with Gasteiger partial charge in [-0.3, -0.25) is 4.99 Å². The van der Waals surface area contributed by atoms with E-state index in [9.17, 15) is 0 Å². The molecule has 160 valence electrons. The molecule has 0 radical (unpaired) electrons. The second kappa shape index (κ2) is 11.7. The lowest BCUT2D eigenvalue weighted by Crippen LogP contribution is -2.45. The molecular weight excluding hydrogens is 467 g/mol. The van der Waals surface area contributed by atoms with E-state index in [0.717, 1.165) is 43.5 Å². The van der Waals surface area contributed by atoms with Crippen LogP contribution in [-0.2, 0) is 4.74 Å². The van der Waals surface area contributed by atoms with Crippen LogP contribution >= 0.6 is 24.0 Å². The van der Waals surface area contributed by atoms with Crippen LogP contribution in [0, 0.1) is 5.41 Å². The molecule has 2 N–H and O–H groups in total. The summed E-state index contributed by atoms with van der Waals surface area (Å²) >= 11 is 0. The highest BCUT2D eigenvalue weighted by molar-refractivity contribution is 14.0. The average Bonchev–Trinajstić information content (AvgIpc) is 3.09. The third-order valence-corrected chi connectivity index (χ3v) is 4.96. The van der Waals surface area contributed by atoms with Gasteiger partial charge in [0.1, 0.15) is 5.75 Å². The first kappa shape index (κ1) is 24.8. The first-order chi connectivity index (χ1) is 12.9. The van der Waals surface area contributed by atoms with Crippen LogP contribution in [0.3, 0.4) is 0 Å². The molecule has 1 aromatic carbocycles. The van der Waals surface area contributed by atoms with Crippen LogP contribution in [0.5, 0.6) is 5.75 Å². The van der Waals surface area contributed by atoms with Gasteiger partial charge in [0, 0.05) is 32.8 Å². The van der Waals surface area contributed by atoms with E-state index in [-0.39, 0.29) is 35.5 Å². The van der Waals surface area contributed by atoms with E-state index in [1.54, 1.807) is 14.2 Å². The largest absolute Gasteiger partial charge is 0.495 e. The molecule has 2 atom stereocenters. The molecule has 1 aliphatic rings. The molecule has 0 spiro atoms. The van der Waals surface area contributed by atoms with E-state index in [1.165, 1.54) is 0 Å². The molecule has 1 aromatic rings. The van der Waals surface area contributed by atoms with Crippen molar-refractivity contribution in [3.8, 4) is 5.75 Å². The molecule has 1 saturated heterocycles. The Kier molecular flexibility index (Phi) is 10.4. The third-order valence-electron chi connectivity index (χ3n) is 4.96. The van der Waals surface area contributed by atoms with E-state index in [2.05, 4.69) is 55.4 Å². The van der Waals surface area contributed by atoms with Crippen molar-refractivity contribution < 1.29 is 9.47 Å². The van der Waals surface area contributed by atoms with Crippen molar-refractivity contribution in [2.24, 2.45) is 10.4 Å². The molecular formula is C21H37IN4O2. The average molecular weight is 504 g/mol. The Morgan fingerprint density at radius 1 is 1.29 bits per heavy atom. The molecule has 2 rings (SSSR count). The summed E-state index contributed by atoms with van der Waals surface area (Å²) in [7, 11) is 3.48. The van der Waals surface area contributed by atoms with Crippen molar-refractivity contribution in [3.63, 3.8) is 0 Å². The summed E-state index contributed by atoms with van der Waals surface area (Å²) in [5.74, 6) is 1.78. The second-order valence-corrected chi connectivity index (χ2v) is 8.06. The van der Waals surface area contributed by atoms with Gasteiger partial charge in [-0.25, -0.2) is 0 Å². The maximum atomic E-state index is 5.63. The number of guanidine groups is 1. The number of hydrogen-bond acceptors (Lipinski definition) is 4. The monoisotopic (exact) mass is 504 g/mol. The van der Waals surface area contributed by atoms with Gasteiger partial charge in [-0.1, -0.05) is 32.9 Å². The van der Waals surface area contributed by atoms with E-state index in [4.69, 9.17) is 14.5 Å². The molecule has 1 aliphatic heterocycles. The van der Waals surface area contributed by atoms with Crippen molar-refractivity contribution in [1.82, 2.24) is 10.6 Å². The lowest BCUT2D eigenvalue weighted by Gasteiger charge is -2.28. The number of nitrogens with one attached hydrogen (secondary N) is 2. The molecule has 0 aliphatic carbocycles. The Morgan fingerprint density at radius 2 is 2.00 bits per heavy atom. The first-order valence-corrected chi connectivity index (χ1v) is 9.84. The lowest BCUT2D eigenvalue weighted by molar-refractivity contribution is 0.0241. The zero-order valence-electron chi connectivity index (χ0n) is 18.1. The van der Waals surface area contributed by atoms with Gasteiger partial charge in [-0.05, 0) is 30.9 Å². The Hall–Kier alpha value is -1.22. The number of rotatable bonds is 7. The quantitative estimate of drug-likeness (QED) is 0.338. The smallest absolute Gasteiger partial charge is 0.191 e. The normalized spacial score (nSPS) is 18.4. The van der Waals surface area contributed by atoms with Gasteiger partial charge in [0.25, 0.3) is 0 Å². The summed E-state index contributed by atoms with van der Waals surface area (Å²) in [5, 5.41) is 6.94. The molecule has 0 aromatic heterocycles. The van der Waals surface area contributed by atoms with Crippen LogP contribution in [0.15, 0.2) is 29.3 Å². The van der Waals surface area contributed by atoms with Crippen molar-refractivity contribution >= 4 is 35.6 Å². The predicted octanol–water partition coefficient (Wildman–Crippen LogP) is 3.51. The van der Waals surface area contributed by atoms with Gasteiger partial charge in [-0.2, -0.15) is 0 Å². The fourth-order valence-corrected chi connectivity index (χ4v) is 3.38. The van der Waals surface area contributed by atoms with E-state index < -0.39 is 0 Å². The number of aliphatic imine (C=N–C) groups is 1. The molecule has 0 saturated carbocycles. The zero-order valence-corrected chi connectivity index (χ0v) is 20.4. The summed E-state index contributed by atoms with van der Waals surface area (Å²) < 4.78 is 11.1. The Morgan fingerprint density at radius 3 is 2.61 bits per heavy atom. The van der Waals surface area contributed by atoms with Crippen LogP contribution in [-0.4, -0.2) is 58.5 Å². The van der Waals surface area contributed by atoms with Crippen molar-refractivity contribution in [1.29, 1.82) is 0 Å². The van der Waals surface area contributed by atoms with Crippen molar-refractivity contribution in [2.75, 3.05) is 45.3 Å². The number of hydrogen-bond donors (Lipinski definition) is 2. The first-order valence-electron chi connectivity index (χ1n) is 9.84. The zero-order chi connectivity index (χ0) is 19.9. The minimum atomic E-state index is 0. The molecule has 28 heavy (non-hydrogen) atoms. The lowest BCUT2D eigenvalue weighted by atomic mass is 9.89. The van der Waals surface area contributed by atoms with Gasteiger partial charge < -0.3 is 25.0 Å². The van der Waals surface area contributed by atoms with Gasteiger partial charge in [0.15, 0.2) is 5.96 Å². The molecule has 1 heterocycles. The van der Waals surface area contributed by atoms with Crippen LogP contribution in [0.4, 0.5) is 5.69 Å². The van der Waals surface area contributed by atoms with Crippen molar-refractivity contribution in [2.45, 2.75) is 46.3 Å². The third kappa shape index (κ3) is 6.99. The van der Waals surface area contributed by atoms with Crippen LogP contribution in [0.1, 0.15) is 34.1 Å². The van der Waals surface area contributed by atoms with Gasteiger partial charge >= 0.3 is 0 Å². The highest BCUT2D eigenvalue weighted by Gasteiger charge is 2.26. The summed E-state index contributed by atoms with van der Waals surface area (Å²) in [4.78, 5) is 7.14. The number of anilines is 1. The number of nitrogens with zero attached hydrogens (tertiary/aromatic N) is 2. The highest BCUT2D eigenvalue weighted by atomic mass is 127. The minimum absolute atomic E-state index is 0. The molecule has 0 amide bonds. The number of methoxy groups -OCH3 is 2. The molecule has 6 nitrogen and oxygen atoms in total. The number of halogens is 1. The van der Waals surface area contributed by atoms with E-state index in [1.807, 2.05) is 12.1 Å². The van der Waals surface area contributed by atoms with Gasteiger partial charge in [-0.15, -0.1) is 24.0 Å². The number of ether oxygens (including phenoxy) is 2. The Balaban J connectivity index is 0.00000392. The fraction of sp³-hybridized carbons (Fsp3) is 0.667. The minimum Gasteiger partial charge on any atom is -0.495 e. The maximum Gasteiger partial charge on any atom is 0.191 e. The number of benzene rings is 1. The van der Waals surface area contributed by atoms with Crippen LogP contribution < -0.4 is 20.3 Å². The second-order valence-electron chi connectivity index (χ2n) is 8.06. The Bertz CT molecular complexity index is 619. The van der Waals surface area contributed by atoms with Crippen LogP contribution in [0.2, 0.25) is 0 Å². The van der Waals surface area contributed by atoms with Crippen molar-refractivity contribution in [3.05, 3.63) is 24.3 Å². The predicted molar refractivity (Wildman–Crippen MR) is 128 cm³/mol.